The molecule has 2 amide bonds. The quantitative estimate of drug-likeness (QED) is 0.144. The summed E-state index contributed by atoms with van der Waals surface area (Å²) in [5.74, 6) is -1.82. The van der Waals surface area contributed by atoms with Gasteiger partial charge in [-0.3, -0.25) is 9.59 Å². The molecule has 0 heterocycles. The maximum atomic E-state index is 13.3. The first-order chi connectivity index (χ1) is 19.2. The van der Waals surface area contributed by atoms with E-state index < -0.39 is 30.1 Å². The third-order valence-corrected chi connectivity index (χ3v) is 5.97. The van der Waals surface area contributed by atoms with Crippen LogP contribution in [0, 0.1) is 5.92 Å². The van der Waals surface area contributed by atoms with E-state index in [2.05, 4.69) is 10.6 Å². The second kappa shape index (κ2) is 15.0. The van der Waals surface area contributed by atoms with E-state index in [1.165, 1.54) is 13.0 Å². The second-order valence-corrected chi connectivity index (χ2v) is 9.59. The summed E-state index contributed by atoms with van der Waals surface area (Å²) in [7, 11) is 0. The minimum atomic E-state index is -1.08. The predicted octanol–water partition coefficient (Wildman–Crippen LogP) is 4.99. The van der Waals surface area contributed by atoms with Crippen LogP contribution in [-0.2, 0) is 32.1 Å². The lowest BCUT2D eigenvalue weighted by Gasteiger charge is -2.25. The van der Waals surface area contributed by atoms with Gasteiger partial charge in [0.05, 0.1) is 0 Å². The number of ketones is 1. The Morgan fingerprint density at radius 3 is 1.90 bits per heavy atom. The first-order valence-electron chi connectivity index (χ1n) is 13.0. The molecule has 0 aliphatic heterocycles. The number of esters is 1. The van der Waals surface area contributed by atoms with Crippen LogP contribution in [0.25, 0.3) is 0 Å². The fourth-order valence-electron chi connectivity index (χ4n) is 3.86. The normalized spacial score (nSPS) is 12.7. The predicted molar refractivity (Wildman–Crippen MR) is 151 cm³/mol. The minimum Gasteiger partial charge on any atom is -0.445 e. The highest BCUT2D eigenvalue weighted by molar-refractivity contribution is 6.04. The van der Waals surface area contributed by atoms with Gasteiger partial charge in [-0.1, -0.05) is 105 Å². The largest absolute Gasteiger partial charge is 0.445 e. The van der Waals surface area contributed by atoms with Crippen LogP contribution in [0.4, 0.5) is 4.79 Å². The maximum Gasteiger partial charge on any atom is 0.408 e. The number of carbonyl (C=O) groups is 4. The summed E-state index contributed by atoms with van der Waals surface area (Å²) in [5, 5.41) is 5.32. The Balaban J connectivity index is 1.69. The molecular weight excluding hydrogens is 508 g/mol. The Morgan fingerprint density at radius 2 is 1.32 bits per heavy atom. The number of alkyl carbamates (subject to hydrolysis) is 1. The number of hydrogen-bond acceptors (Lipinski definition) is 6. The number of benzene rings is 3. The summed E-state index contributed by atoms with van der Waals surface area (Å²) in [6.45, 7) is 5.10. The van der Waals surface area contributed by atoms with Gasteiger partial charge >= 0.3 is 12.1 Å². The molecule has 0 saturated carbocycles. The molecule has 0 radical (unpaired) electrons. The lowest BCUT2D eigenvalue weighted by molar-refractivity contribution is -0.144. The van der Waals surface area contributed by atoms with Crippen LogP contribution >= 0.6 is 0 Å². The van der Waals surface area contributed by atoms with Gasteiger partial charge in [-0.2, -0.15) is 0 Å². The Kier molecular flexibility index (Phi) is 11.2. The van der Waals surface area contributed by atoms with Gasteiger partial charge in [-0.05, 0) is 24.0 Å². The van der Waals surface area contributed by atoms with Crippen LogP contribution in [0.1, 0.15) is 42.3 Å². The van der Waals surface area contributed by atoms with Gasteiger partial charge in [-0.15, -0.1) is 0 Å². The van der Waals surface area contributed by atoms with Crippen molar-refractivity contribution in [3.05, 3.63) is 120 Å². The van der Waals surface area contributed by atoms with Crippen molar-refractivity contribution in [1.29, 1.82) is 0 Å². The standard InChI is InChI=1S/C32H34N2O6/c1-22(2)29(34-32(38)39-21-25-15-9-5-10-16-25)30(36)33-27(20-24-13-7-4-8-14-24)31(37)40-23(3)19-28(35)26-17-11-6-12-18-26/h4-19,22,27,29H,20-21H2,1-3H3,(H,33,36)(H,34,38)/b23-19+/t27-,29-/m0/s1. The van der Waals surface area contributed by atoms with E-state index >= 15 is 0 Å². The number of ether oxygens (including phenoxy) is 2. The van der Waals surface area contributed by atoms with E-state index in [0.717, 1.165) is 11.1 Å². The van der Waals surface area contributed by atoms with Crippen molar-refractivity contribution >= 4 is 23.8 Å². The number of carbonyl (C=O) groups excluding carboxylic acids is 4. The van der Waals surface area contributed by atoms with E-state index in [1.54, 1.807) is 44.2 Å². The van der Waals surface area contributed by atoms with Gasteiger partial charge in [0.1, 0.15) is 24.4 Å². The minimum absolute atomic E-state index is 0.0510. The molecule has 0 aliphatic carbocycles. The monoisotopic (exact) mass is 542 g/mol. The van der Waals surface area contributed by atoms with Crippen LogP contribution < -0.4 is 10.6 Å². The van der Waals surface area contributed by atoms with E-state index in [-0.39, 0.29) is 30.5 Å². The summed E-state index contributed by atoms with van der Waals surface area (Å²) in [5.41, 5.74) is 2.06. The number of rotatable bonds is 12. The average molecular weight is 543 g/mol. The van der Waals surface area contributed by atoms with E-state index in [1.807, 2.05) is 60.7 Å². The van der Waals surface area contributed by atoms with Gasteiger partial charge in [0.25, 0.3) is 0 Å². The first kappa shape index (κ1) is 29.8. The molecule has 0 bridgehead atoms. The van der Waals surface area contributed by atoms with Crippen LogP contribution in [-0.4, -0.2) is 35.8 Å². The molecule has 2 atom stereocenters. The first-order valence-corrected chi connectivity index (χ1v) is 13.0. The van der Waals surface area contributed by atoms with Crippen LogP contribution in [0.5, 0.6) is 0 Å². The summed E-state index contributed by atoms with van der Waals surface area (Å²) < 4.78 is 10.7. The lowest BCUT2D eigenvalue weighted by atomic mass is 10.0. The fraction of sp³-hybridized carbons (Fsp3) is 0.250. The molecule has 3 rings (SSSR count). The Morgan fingerprint density at radius 1 is 0.775 bits per heavy atom. The summed E-state index contributed by atoms with van der Waals surface area (Å²) in [6.07, 6.45) is 0.628. The van der Waals surface area contributed by atoms with Crippen LogP contribution in [0.15, 0.2) is 103 Å². The molecule has 208 valence electrons. The summed E-state index contributed by atoms with van der Waals surface area (Å²) in [6, 6.07) is 24.9. The zero-order chi connectivity index (χ0) is 28.9. The summed E-state index contributed by atoms with van der Waals surface area (Å²) >= 11 is 0. The van der Waals surface area contributed by atoms with E-state index in [0.29, 0.717) is 5.56 Å². The van der Waals surface area contributed by atoms with Gasteiger partial charge in [0.2, 0.25) is 5.91 Å². The third kappa shape index (κ3) is 9.54. The van der Waals surface area contributed by atoms with Crippen molar-refractivity contribution in [2.45, 2.75) is 45.9 Å². The highest BCUT2D eigenvalue weighted by Crippen LogP contribution is 2.11. The smallest absolute Gasteiger partial charge is 0.408 e. The molecule has 8 heteroatoms. The topological polar surface area (TPSA) is 111 Å². The van der Waals surface area contributed by atoms with Crippen molar-refractivity contribution in [2.75, 3.05) is 0 Å². The number of nitrogens with one attached hydrogen (secondary N) is 2. The Labute approximate surface area is 234 Å². The van der Waals surface area contributed by atoms with Crippen LogP contribution in [0.2, 0.25) is 0 Å². The van der Waals surface area contributed by atoms with E-state index in [9.17, 15) is 19.2 Å². The van der Waals surface area contributed by atoms with Gasteiger partial charge in [-0.25, -0.2) is 9.59 Å². The fourth-order valence-corrected chi connectivity index (χ4v) is 3.86. The van der Waals surface area contributed by atoms with Crippen molar-refractivity contribution in [2.24, 2.45) is 5.92 Å². The van der Waals surface area contributed by atoms with Crippen molar-refractivity contribution in [1.82, 2.24) is 10.6 Å². The molecule has 0 aliphatic rings. The van der Waals surface area contributed by atoms with Crippen LogP contribution in [0.3, 0.4) is 0 Å². The number of allylic oxidation sites excluding steroid dienone is 2. The molecule has 0 spiro atoms. The molecule has 3 aromatic rings. The van der Waals surface area contributed by atoms with Crippen molar-refractivity contribution in [3.8, 4) is 0 Å². The van der Waals surface area contributed by atoms with Crippen molar-refractivity contribution in [3.63, 3.8) is 0 Å². The summed E-state index contributed by atoms with van der Waals surface area (Å²) in [4.78, 5) is 51.4. The molecular formula is C32H34N2O6. The molecule has 0 fully saturated rings. The van der Waals surface area contributed by atoms with Gasteiger partial charge < -0.3 is 20.1 Å². The molecule has 2 N–H and O–H groups in total. The maximum absolute atomic E-state index is 13.3. The molecule has 0 unspecified atom stereocenters. The lowest BCUT2D eigenvalue weighted by Crippen LogP contribution is -2.54. The Bertz CT molecular complexity index is 1310. The van der Waals surface area contributed by atoms with Gasteiger partial charge in [0.15, 0.2) is 5.78 Å². The zero-order valence-corrected chi connectivity index (χ0v) is 22.8. The molecule has 3 aromatic carbocycles. The molecule has 0 aromatic heterocycles. The SMILES string of the molecule is C/C(=C\C(=O)c1ccccc1)OC(=O)[C@H](Cc1ccccc1)NC(=O)[C@@H](NC(=O)OCc1ccccc1)C(C)C. The number of hydrogen-bond donors (Lipinski definition) is 2. The Hall–Kier alpha value is -4.72. The molecule has 40 heavy (non-hydrogen) atoms. The second-order valence-electron chi connectivity index (χ2n) is 9.59. The molecule has 8 nitrogen and oxygen atoms in total. The van der Waals surface area contributed by atoms with Gasteiger partial charge in [0, 0.05) is 18.1 Å². The van der Waals surface area contributed by atoms with E-state index in [4.69, 9.17) is 9.47 Å². The average Bonchev–Trinajstić information content (AvgIpc) is 2.95. The highest BCUT2D eigenvalue weighted by atomic mass is 16.5. The third-order valence-electron chi connectivity index (χ3n) is 5.97. The zero-order valence-electron chi connectivity index (χ0n) is 22.8. The highest BCUT2D eigenvalue weighted by Gasteiger charge is 2.30. The van der Waals surface area contributed by atoms with Crippen molar-refractivity contribution < 1.29 is 28.7 Å². The molecule has 0 saturated heterocycles. The number of amides is 2.